The second-order valence-electron chi connectivity index (χ2n) is 3.45. The number of rotatable bonds is 5. The molecule has 1 aromatic rings. The molecule has 0 aliphatic carbocycles. The van der Waals surface area contributed by atoms with Crippen molar-refractivity contribution in [3.63, 3.8) is 0 Å². The fraction of sp³-hybridized carbons (Fsp3) is 0.133. The summed E-state index contributed by atoms with van der Waals surface area (Å²) in [7, 11) is 0. The quantitative estimate of drug-likeness (QED) is 0.428. The van der Waals surface area contributed by atoms with Gasteiger partial charge in [0.2, 0.25) is 0 Å². The Morgan fingerprint density at radius 1 is 1.41 bits per heavy atom. The highest BCUT2D eigenvalue weighted by molar-refractivity contribution is 6.01. The van der Waals surface area contributed by atoms with E-state index in [9.17, 15) is 4.79 Å². The largest absolute Gasteiger partial charge is 0.297 e. The third-order valence-electron chi connectivity index (χ3n) is 2.34. The van der Waals surface area contributed by atoms with Crippen LogP contribution in [0.4, 0.5) is 5.69 Å². The first-order chi connectivity index (χ1) is 8.24. The normalized spacial score (nSPS) is 9.12. The summed E-state index contributed by atoms with van der Waals surface area (Å²) in [4.78, 5) is 13.3. The van der Waals surface area contributed by atoms with E-state index in [-0.39, 0.29) is 12.5 Å². The second-order valence-corrected chi connectivity index (χ2v) is 3.45. The maximum Gasteiger partial charge on any atom is 0.251 e. The Morgan fingerprint density at radius 3 is 2.71 bits per heavy atom. The summed E-state index contributed by atoms with van der Waals surface area (Å²) in [6, 6.07) is 7.63. The number of carbonyl (C=O) groups is 1. The van der Waals surface area contributed by atoms with Gasteiger partial charge in [-0.15, -0.1) is 13.0 Å². The van der Waals surface area contributed by atoms with Crippen LogP contribution in [0.1, 0.15) is 5.56 Å². The molecule has 0 aliphatic rings. The van der Waals surface area contributed by atoms with Crippen LogP contribution in [0.5, 0.6) is 0 Å². The van der Waals surface area contributed by atoms with Gasteiger partial charge in [0.05, 0.1) is 6.54 Å². The molecule has 1 aromatic carbocycles. The summed E-state index contributed by atoms with van der Waals surface area (Å²) < 4.78 is 0. The Balaban J connectivity index is 3.17. The molecule has 0 spiro atoms. The highest BCUT2D eigenvalue weighted by atomic mass is 16.2. The van der Waals surface area contributed by atoms with Gasteiger partial charge in [0.15, 0.2) is 0 Å². The zero-order chi connectivity index (χ0) is 12.7. The van der Waals surface area contributed by atoms with Crippen molar-refractivity contribution in [3.8, 4) is 12.3 Å². The van der Waals surface area contributed by atoms with E-state index in [4.69, 9.17) is 6.42 Å². The van der Waals surface area contributed by atoms with Crippen LogP contribution in [0.25, 0.3) is 0 Å². The van der Waals surface area contributed by atoms with Crippen LogP contribution in [0.15, 0.2) is 49.6 Å². The molecule has 0 fully saturated rings. The monoisotopic (exact) mass is 225 g/mol. The minimum absolute atomic E-state index is 0.195. The fourth-order valence-electron chi connectivity index (χ4n) is 1.59. The van der Waals surface area contributed by atoms with Gasteiger partial charge in [0, 0.05) is 5.69 Å². The second kappa shape index (κ2) is 6.34. The summed E-state index contributed by atoms with van der Waals surface area (Å²) in [5.41, 5.74) is 1.84. The van der Waals surface area contributed by atoms with Crippen LogP contribution in [-0.4, -0.2) is 12.5 Å². The van der Waals surface area contributed by atoms with Crippen LogP contribution < -0.4 is 4.90 Å². The Kier molecular flexibility index (Phi) is 4.77. The molecule has 17 heavy (non-hydrogen) atoms. The molecule has 0 aromatic heterocycles. The average Bonchev–Trinajstić information content (AvgIpc) is 2.36. The molecule has 0 unspecified atom stereocenters. The molecular formula is C15H15NO. The maximum absolute atomic E-state index is 11.7. The highest BCUT2D eigenvalue weighted by Crippen LogP contribution is 2.21. The third kappa shape index (κ3) is 3.09. The predicted molar refractivity (Wildman–Crippen MR) is 71.7 cm³/mol. The molecule has 0 saturated heterocycles. The molecule has 0 saturated carbocycles. The first-order valence-corrected chi connectivity index (χ1v) is 5.30. The van der Waals surface area contributed by atoms with Crippen molar-refractivity contribution in [2.75, 3.05) is 11.4 Å². The van der Waals surface area contributed by atoms with Gasteiger partial charge in [0.25, 0.3) is 5.91 Å². The number of hydrogen-bond donors (Lipinski definition) is 0. The van der Waals surface area contributed by atoms with E-state index in [2.05, 4.69) is 19.1 Å². The lowest BCUT2D eigenvalue weighted by atomic mass is 10.1. The predicted octanol–water partition coefficient (Wildman–Crippen LogP) is 2.57. The van der Waals surface area contributed by atoms with E-state index < -0.39 is 0 Å². The molecular weight excluding hydrogens is 210 g/mol. The van der Waals surface area contributed by atoms with Gasteiger partial charge in [0.1, 0.15) is 0 Å². The lowest BCUT2D eigenvalue weighted by molar-refractivity contribution is -0.114. The van der Waals surface area contributed by atoms with Gasteiger partial charge < -0.3 is 0 Å². The molecule has 2 heteroatoms. The molecule has 0 aliphatic heterocycles. The number of benzene rings is 1. The van der Waals surface area contributed by atoms with Gasteiger partial charge in [-0.3, -0.25) is 9.69 Å². The first kappa shape index (κ1) is 12.8. The zero-order valence-corrected chi connectivity index (χ0v) is 9.73. The van der Waals surface area contributed by atoms with Gasteiger partial charge >= 0.3 is 0 Å². The van der Waals surface area contributed by atoms with Crippen molar-refractivity contribution in [1.82, 2.24) is 0 Å². The Bertz CT molecular complexity index is 468. The average molecular weight is 225 g/mol. The molecule has 1 amide bonds. The van der Waals surface area contributed by atoms with Gasteiger partial charge in [-0.2, -0.15) is 0 Å². The van der Waals surface area contributed by atoms with Crippen molar-refractivity contribution in [2.45, 2.75) is 6.42 Å². The summed E-state index contributed by atoms with van der Waals surface area (Å²) in [5.74, 6) is 2.29. The summed E-state index contributed by atoms with van der Waals surface area (Å²) in [6.45, 7) is 7.42. The zero-order valence-electron chi connectivity index (χ0n) is 9.73. The molecule has 0 N–H and O–H groups in total. The van der Waals surface area contributed by atoms with Crippen molar-refractivity contribution < 1.29 is 4.79 Å². The maximum atomic E-state index is 11.7. The van der Waals surface area contributed by atoms with E-state index in [1.807, 2.05) is 24.3 Å². The Labute approximate surface area is 102 Å². The van der Waals surface area contributed by atoms with Gasteiger partial charge in [-0.05, 0) is 24.1 Å². The van der Waals surface area contributed by atoms with E-state index in [0.717, 1.165) is 11.3 Å². The minimum atomic E-state index is -0.195. The van der Waals surface area contributed by atoms with Crippen LogP contribution in [-0.2, 0) is 11.2 Å². The van der Waals surface area contributed by atoms with Crippen LogP contribution in [0.3, 0.4) is 0 Å². The van der Waals surface area contributed by atoms with Crippen molar-refractivity contribution in [2.24, 2.45) is 0 Å². The van der Waals surface area contributed by atoms with E-state index in [0.29, 0.717) is 6.42 Å². The van der Waals surface area contributed by atoms with E-state index >= 15 is 0 Å². The highest BCUT2D eigenvalue weighted by Gasteiger charge is 2.14. The third-order valence-corrected chi connectivity index (χ3v) is 2.34. The van der Waals surface area contributed by atoms with Crippen LogP contribution >= 0.6 is 0 Å². The smallest absolute Gasteiger partial charge is 0.251 e. The number of anilines is 1. The van der Waals surface area contributed by atoms with Crippen LogP contribution in [0.2, 0.25) is 0 Å². The lowest BCUT2D eigenvalue weighted by Gasteiger charge is -2.21. The Hall–Kier alpha value is -2.27. The van der Waals surface area contributed by atoms with E-state index in [1.54, 1.807) is 6.08 Å². The first-order valence-electron chi connectivity index (χ1n) is 5.30. The summed E-state index contributed by atoms with van der Waals surface area (Å²) >= 11 is 0. The molecule has 2 nitrogen and oxygen atoms in total. The lowest BCUT2D eigenvalue weighted by Crippen LogP contribution is -2.30. The number of amides is 1. The number of nitrogens with zero attached hydrogens (tertiary/aromatic N) is 1. The number of carbonyl (C=O) groups excluding carboxylic acids is 1. The topological polar surface area (TPSA) is 20.3 Å². The SMILES string of the molecule is C#CCN(C(=O)C=C)c1ccccc1CC=C. The van der Waals surface area contributed by atoms with Gasteiger partial charge in [-0.25, -0.2) is 0 Å². The molecule has 0 heterocycles. The summed E-state index contributed by atoms with van der Waals surface area (Å²) in [6.07, 6.45) is 9.04. The van der Waals surface area contributed by atoms with E-state index in [1.165, 1.54) is 11.0 Å². The molecule has 0 radical (unpaired) electrons. The molecule has 0 bridgehead atoms. The van der Waals surface area contributed by atoms with Crippen molar-refractivity contribution in [1.29, 1.82) is 0 Å². The molecule has 86 valence electrons. The van der Waals surface area contributed by atoms with Crippen molar-refractivity contribution in [3.05, 3.63) is 55.1 Å². The van der Waals surface area contributed by atoms with Gasteiger partial charge in [-0.1, -0.05) is 36.8 Å². The fourth-order valence-corrected chi connectivity index (χ4v) is 1.59. The number of terminal acetylenes is 1. The standard InChI is InChI=1S/C15H15NO/c1-4-9-13-10-7-8-11-14(13)16(12-5-2)15(17)6-3/h2,4,6-8,10-11H,1,3,9,12H2. The Morgan fingerprint density at radius 2 is 2.12 bits per heavy atom. The number of hydrogen-bond acceptors (Lipinski definition) is 1. The number of para-hydroxylation sites is 1. The van der Waals surface area contributed by atoms with Crippen molar-refractivity contribution >= 4 is 11.6 Å². The molecule has 1 rings (SSSR count). The van der Waals surface area contributed by atoms with Crippen LogP contribution in [0, 0.1) is 12.3 Å². The summed E-state index contributed by atoms with van der Waals surface area (Å²) in [5, 5.41) is 0. The minimum Gasteiger partial charge on any atom is -0.297 e. The molecule has 0 atom stereocenters. The number of allylic oxidation sites excluding steroid dienone is 1.